The molecule has 2 nitrogen and oxygen atoms in total. The summed E-state index contributed by atoms with van der Waals surface area (Å²) in [7, 11) is 2.05. The van der Waals surface area contributed by atoms with E-state index in [1.807, 2.05) is 6.20 Å². The van der Waals surface area contributed by atoms with E-state index < -0.39 is 0 Å². The van der Waals surface area contributed by atoms with Gasteiger partial charge in [-0.3, -0.25) is 4.98 Å². The Bertz CT molecular complexity index is 347. The SMILES string of the molecule is CNC(Cc1ncc(Br)cc1C)C1CC1. The quantitative estimate of drug-likeness (QED) is 0.909. The maximum Gasteiger partial charge on any atom is 0.0449 e. The third kappa shape index (κ3) is 2.79. The van der Waals surface area contributed by atoms with E-state index in [0.29, 0.717) is 6.04 Å². The Kier molecular flexibility index (Phi) is 3.42. The van der Waals surface area contributed by atoms with Crippen molar-refractivity contribution in [2.24, 2.45) is 5.92 Å². The van der Waals surface area contributed by atoms with Gasteiger partial charge in [-0.05, 0) is 60.3 Å². The summed E-state index contributed by atoms with van der Waals surface area (Å²) >= 11 is 3.44. The number of aromatic nitrogens is 1. The van der Waals surface area contributed by atoms with Crippen LogP contribution in [-0.4, -0.2) is 18.1 Å². The van der Waals surface area contributed by atoms with Gasteiger partial charge in [0, 0.05) is 28.8 Å². The molecule has 1 saturated carbocycles. The van der Waals surface area contributed by atoms with E-state index in [2.05, 4.69) is 46.3 Å². The summed E-state index contributed by atoms with van der Waals surface area (Å²) in [4.78, 5) is 4.49. The van der Waals surface area contributed by atoms with Crippen molar-refractivity contribution in [1.82, 2.24) is 10.3 Å². The molecule has 0 aliphatic heterocycles. The van der Waals surface area contributed by atoms with Crippen LogP contribution in [0.3, 0.4) is 0 Å². The first-order valence-corrected chi connectivity index (χ1v) is 6.28. The van der Waals surface area contributed by atoms with E-state index in [-0.39, 0.29) is 0 Å². The molecule has 1 fully saturated rings. The molecule has 1 atom stereocenters. The fraction of sp³-hybridized carbons (Fsp3) is 0.583. The van der Waals surface area contributed by atoms with Gasteiger partial charge < -0.3 is 5.32 Å². The standard InChI is InChI=1S/C12H17BrN2/c1-8-5-10(13)7-15-11(8)6-12(14-2)9-3-4-9/h5,7,9,12,14H,3-4,6H2,1-2H3. The molecule has 1 heterocycles. The number of pyridine rings is 1. The molecule has 1 aliphatic rings. The van der Waals surface area contributed by atoms with Gasteiger partial charge in [0.25, 0.3) is 0 Å². The summed E-state index contributed by atoms with van der Waals surface area (Å²) in [6, 6.07) is 2.75. The summed E-state index contributed by atoms with van der Waals surface area (Å²) in [6.07, 6.45) is 5.70. The molecule has 15 heavy (non-hydrogen) atoms. The van der Waals surface area contributed by atoms with Crippen LogP contribution in [0.1, 0.15) is 24.1 Å². The number of hydrogen-bond donors (Lipinski definition) is 1. The molecule has 3 heteroatoms. The highest BCUT2D eigenvalue weighted by Gasteiger charge is 2.30. The molecule has 0 saturated heterocycles. The van der Waals surface area contributed by atoms with Crippen molar-refractivity contribution in [3.05, 3.63) is 28.0 Å². The summed E-state index contributed by atoms with van der Waals surface area (Å²) < 4.78 is 1.07. The van der Waals surface area contributed by atoms with Crippen LogP contribution in [0.5, 0.6) is 0 Å². The van der Waals surface area contributed by atoms with E-state index in [1.54, 1.807) is 0 Å². The topological polar surface area (TPSA) is 24.9 Å². The van der Waals surface area contributed by atoms with Crippen molar-refractivity contribution in [1.29, 1.82) is 0 Å². The van der Waals surface area contributed by atoms with Crippen molar-refractivity contribution < 1.29 is 0 Å². The number of hydrogen-bond acceptors (Lipinski definition) is 2. The van der Waals surface area contributed by atoms with Crippen LogP contribution in [0.25, 0.3) is 0 Å². The van der Waals surface area contributed by atoms with Gasteiger partial charge in [0.2, 0.25) is 0 Å². The van der Waals surface area contributed by atoms with Gasteiger partial charge >= 0.3 is 0 Å². The van der Waals surface area contributed by atoms with Crippen molar-refractivity contribution in [2.75, 3.05) is 7.05 Å². The Labute approximate surface area is 99.6 Å². The predicted molar refractivity (Wildman–Crippen MR) is 65.9 cm³/mol. The number of halogens is 1. The van der Waals surface area contributed by atoms with Crippen molar-refractivity contribution in [3.8, 4) is 0 Å². The van der Waals surface area contributed by atoms with Gasteiger partial charge in [-0.1, -0.05) is 0 Å². The van der Waals surface area contributed by atoms with E-state index in [1.165, 1.54) is 24.1 Å². The summed E-state index contributed by atoms with van der Waals surface area (Å²) in [5, 5.41) is 3.40. The first kappa shape index (κ1) is 11.1. The minimum absolute atomic E-state index is 0.609. The van der Waals surface area contributed by atoms with Crippen molar-refractivity contribution in [2.45, 2.75) is 32.2 Å². The molecule has 1 N–H and O–H groups in total. The van der Waals surface area contributed by atoms with Gasteiger partial charge in [0.1, 0.15) is 0 Å². The van der Waals surface area contributed by atoms with E-state index in [4.69, 9.17) is 0 Å². The highest BCUT2D eigenvalue weighted by Crippen LogP contribution is 2.34. The monoisotopic (exact) mass is 268 g/mol. The summed E-state index contributed by atoms with van der Waals surface area (Å²) in [5.41, 5.74) is 2.51. The van der Waals surface area contributed by atoms with Gasteiger partial charge in [-0.25, -0.2) is 0 Å². The molecule has 1 unspecified atom stereocenters. The number of nitrogens with one attached hydrogen (secondary N) is 1. The Morgan fingerprint density at radius 1 is 1.60 bits per heavy atom. The Balaban J connectivity index is 2.08. The number of rotatable bonds is 4. The van der Waals surface area contributed by atoms with Crippen LogP contribution < -0.4 is 5.32 Å². The van der Waals surface area contributed by atoms with Crippen LogP contribution in [0.15, 0.2) is 16.7 Å². The molecule has 82 valence electrons. The molecule has 0 radical (unpaired) electrons. The van der Waals surface area contributed by atoms with E-state index >= 15 is 0 Å². The van der Waals surface area contributed by atoms with Crippen molar-refractivity contribution in [3.63, 3.8) is 0 Å². The van der Waals surface area contributed by atoms with Gasteiger partial charge in [0.15, 0.2) is 0 Å². The second kappa shape index (κ2) is 4.62. The molecule has 1 aromatic rings. The zero-order valence-electron chi connectivity index (χ0n) is 9.26. The molecule has 0 aromatic carbocycles. The molecule has 1 aromatic heterocycles. The second-order valence-corrected chi connectivity index (χ2v) is 5.27. The van der Waals surface area contributed by atoms with E-state index in [0.717, 1.165) is 16.8 Å². The highest BCUT2D eigenvalue weighted by atomic mass is 79.9. The lowest BCUT2D eigenvalue weighted by Crippen LogP contribution is -2.30. The van der Waals surface area contributed by atoms with Crippen LogP contribution in [0.2, 0.25) is 0 Å². The molecular weight excluding hydrogens is 252 g/mol. The lowest BCUT2D eigenvalue weighted by molar-refractivity contribution is 0.494. The van der Waals surface area contributed by atoms with Crippen molar-refractivity contribution >= 4 is 15.9 Å². The lowest BCUT2D eigenvalue weighted by Gasteiger charge is -2.15. The molecule has 0 spiro atoms. The second-order valence-electron chi connectivity index (χ2n) is 4.35. The lowest BCUT2D eigenvalue weighted by atomic mass is 10.0. The minimum atomic E-state index is 0.609. The number of nitrogens with zero attached hydrogens (tertiary/aromatic N) is 1. The van der Waals surface area contributed by atoms with Crippen LogP contribution in [0.4, 0.5) is 0 Å². The molecule has 1 aliphatic carbocycles. The van der Waals surface area contributed by atoms with Crippen LogP contribution in [0, 0.1) is 12.8 Å². The summed E-state index contributed by atoms with van der Waals surface area (Å²) in [6.45, 7) is 2.13. The molecular formula is C12H17BrN2. The fourth-order valence-corrected chi connectivity index (χ4v) is 2.44. The van der Waals surface area contributed by atoms with Gasteiger partial charge in [0.05, 0.1) is 0 Å². The Hall–Kier alpha value is -0.410. The molecule has 2 rings (SSSR count). The highest BCUT2D eigenvalue weighted by molar-refractivity contribution is 9.10. The molecule has 0 bridgehead atoms. The first-order valence-electron chi connectivity index (χ1n) is 5.49. The normalized spacial score (nSPS) is 17.8. The zero-order chi connectivity index (χ0) is 10.8. The molecule has 0 amide bonds. The van der Waals surface area contributed by atoms with Gasteiger partial charge in [-0.2, -0.15) is 0 Å². The van der Waals surface area contributed by atoms with Gasteiger partial charge in [-0.15, -0.1) is 0 Å². The fourth-order valence-electron chi connectivity index (χ4n) is 1.99. The smallest absolute Gasteiger partial charge is 0.0449 e. The van der Waals surface area contributed by atoms with E-state index in [9.17, 15) is 0 Å². The Morgan fingerprint density at radius 2 is 2.33 bits per heavy atom. The summed E-state index contributed by atoms with van der Waals surface area (Å²) in [5.74, 6) is 0.875. The maximum atomic E-state index is 4.49. The first-order chi connectivity index (χ1) is 7.20. The largest absolute Gasteiger partial charge is 0.316 e. The maximum absolute atomic E-state index is 4.49. The minimum Gasteiger partial charge on any atom is -0.316 e. The third-order valence-electron chi connectivity index (χ3n) is 3.13. The van der Waals surface area contributed by atoms with Crippen LogP contribution >= 0.6 is 15.9 Å². The third-order valence-corrected chi connectivity index (χ3v) is 3.56. The predicted octanol–water partition coefficient (Wildman–Crippen LogP) is 2.69. The number of likely N-dealkylation sites (N-methyl/N-ethyl adjacent to an activating group) is 1. The average molecular weight is 269 g/mol. The zero-order valence-corrected chi connectivity index (χ0v) is 10.8. The number of aryl methyl sites for hydroxylation is 1. The van der Waals surface area contributed by atoms with Crippen LogP contribution in [-0.2, 0) is 6.42 Å². The Morgan fingerprint density at radius 3 is 2.87 bits per heavy atom. The average Bonchev–Trinajstić information content (AvgIpc) is 3.00.